The van der Waals surface area contributed by atoms with Crippen LogP contribution in [0.3, 0.4) is 0 Å². The number of aryl methyl sites for hydroxylation is 1. The third-order valence-corrected chi connectivity index (χ3v) is 3.00. The van der Waals surface area contributed by atoms with Crippen LogP contribution in [-0.4, -0.2) is 0 Å². The predicted molar refractivity (Wildman–Crippen MR) is 71.8 cm³/mol. The maximum atomic E-state index is 3.78. The highest BCUT2D eigenvalue weighted by molar-refractivity contribution is 5.25. The molecule has 0 aliphatic heterocycles. The summed E-state index contributed by atoms with van der Waals surface area (Å²) < 4.78 is 0. The Morgan fingerprint density at radius 2 is 1.94 bits per heavy atom. The normalized spacial score (nSPS) is 11.9. The molecule has 1 aromatic carbocycles. The predicted octanol–water partition coefficient (Wildman–Crippen LogP) is 5.00. The molecule has 0 aliphatic rings. The Hall–Kier alpha value is -1.26. The van der Waals surface area contributed by atoms with Crippen molar-refractivity contribution in [1.82, 2.24) is 0 Å². The van der Waals surface area contributed by atoms with Gasteiger partial charge in [0, 0.05) is 0 Å². The van der Waals surface area contributed by atoms with E-state index < -0.39 is 0 Å². The summed E-state index contributed by atoms with van der Waals surface area (Å²) in [6.07, 6.45) is 3.39. The van der Waals surface area contributed by atoms with E-state index in [0.29, 0.717) is 5.92 Å². The highest BCUT2D eigenvalue weighted by Crippen LogP contribution is 2.24. The van der Waals surface area contributed by atoms with Crippen molar-refractivity contribution in [3.05, 3.63) is 53.3 Å². The van der Waals surface area contributed by atoms with Crippen LogP contribution >= 0.6 is 0 Å². The Morgan fingerprint density at radius 3 is 2.44 bits per heavy atom. The van der Waals surface area contributed by atoms with Crippen molar-refractivity contribution in [3.63, 3.8) is 0 Å². The number of rotatable bonds is 5. The first kappa shape index (κ1) is 12.8. The van der Waals surface area contributed by atoms with Crippen molar-refractivity contribution in [2.75, 3.05) is 0 Å². The van der Waals surface area contributed by atoms with Crippen molar-refractivity contribution in [2.45, 2.75) is 46.0 Å². The van der Waals surface area contributed by atoms with E-state index >= 15 is 0 Å². The molecule has 0 saturated carbocycles. The van der Waals surface area contributed by atoms with Gasteiger partial charge in [0.25, 0.3) is 0 Å². The molecule has 86 valence electrons. The van der Waals surface area contributed by atoms with Crippen LogP contribution < -0.4 is 0 Å². The molecule has 0 saturated heterocycles. The lowest BCUT2D eigenvalue weighted by atomic mass is 9.92. The molecule has 0 heterocycles. The molecule has 0 aromatic heterocycles. The van der Waals surface area contributed by atoms with Gasteiger partial charge in [0.15, 0.2) is 0 Å². The van der Waals surface area contributed by atoms with E-state index in [-0.39, 0.29) is 0 Å². The van der Waals surface area contributed by atoms with Gasteiger partial charge in [-0.05, 0) is 36.8 Å². The van der Waals surface area contributed by atoms with Crippen molar-refractivity contribution >= 4 is 0 Å². The Balaban J connectivity index is 2.68. The van der Waals surface area contributed by atoms with Crippen molar-refractivity contribution < 1.29 is 0 Å². The van der Waals surface area contributed by atoms with Crippen LogP contribution in [0.15, 0.2) is 42.1 Å². The zero-order valence-electron chi connectivity index (χ0n) is 10.7. The Kier molecular flexibility index (Phi) is 5.08. The van der Waals surface area contributed by atoms with Crippen LogP contribution in [0.5, 0.6) is 0 Å². The SMILES string of the molecule is C=C=C(CCC)CC(C)c1ccc(C)cc1. The first-order valence-electron chi connectivity index (χ1n) is 6.11. The van der Waals surface area contributed by atoms with Crippen LogP contribution in [-0.2, 0) is 0 Å². The number of hydrogen-bond donors (Lipinski definition) is 0. The van der Waals surface area contributed by atoms with E-state index in [4.69, 9.17) is 0 Å². The Labute approximate surface area is 99.7 Å². The summed E-state index contributed by atoms with van der Waals surface area (Å²) in [7, 11) is 0. The second kappa shape index (κ2) is 6.35. The average Bonchev–Trinajstić information content (AvgIpc) is 2.29. The molecule has 1 aromatic rings. The van der Waals surface area contributed by atoms with Gasteiger partial charge in [-0.15, -0.1) is 5.73 Å². The second-order valence-electron chi connectivity index (χ2n) is 4.55. The smallest absolute Gasteiger partial charge is 0.0147 e. The van der Waals surface area contributed by atoms with Gasteiger partial charge in [-0.1, -0.05) is 56.7 Å². The van der Waals surface area contributed by atoms with E-state index in [2.05, 4.69) is 57.3 Å². The summed E-state index contributed by atoms with van der Waals surface area (Å²) in [4.78, 5) is 0. The minimum Gasteiger partial charge on any atom is -0.130 e. The molecule has 0 bridgehead atoms. The lowest BCUT2D eigenvalue weighted by Gasteiger charge is -2.13. The van der Waals surface area contributed by atoms with Crippen molar-refractivity contribution in [3.8, 4) is 0 Å². The molecule has 0 amide bonds. The van der Waals surface area contributed by atoms with Gasteiger partial charge in [-0.25, -0.2) is 0 Å². The maximum absolute atomic E-state index is 3.78. The topological polar surface area (TPSA) is 0 Å². The molecule has 16 heavy (non-hydrogen) atoms. The minimum absolute atomic E-state index is 0.566. The largest absolute Gasteiger partial charge is 0.130 e. The monoisotopic (exact) mass is 214 g/mol. The molecule has 0 heteroatoms. The van der Waals surface area contributed by atoms with Gasteiger partial charge in [0.05, 0.1) is 0 Å². The zero-order chi connectivity index (χ0) is 12.0. The summed E-state index contributed by atoms with van der Waals surface area (Å²) in [5, 5.41) is 0. The molecule has 0 N–H and O–H groups in total. The molecule has 1 unspecified atom stereocenters. The first-order chi connectivity index (χ1) is 7.67. The first-order valence-corrected chi connectivity index (χ1v) is 6.11. The lowest BCUT2D eigenvalue weighted by Crippen LogP contribution is -1.95. The Bertz CT molecular complexity index is 364. The van der Waals surface area contributed by atoms with Crippen LogP contribution in [0.25, 0.3) is 0 Å². The third kappa shape index (κ3) is 3.72. The standard InChI is InChI=1S/C16H22/c1-5-7-15(6-2)12-14(4)16-10-8-13(3)9-11-16/h8-11,14H,2,5,7,12H2,1,3-4H3. The minimum atomic E-state index is 0.566. The fourth-order valence-electron chi connectivity index (χ4n) is 1.95. The Morgan fingerprint density at radius 1 is 1.31 bits per heavy atom. The van der Waals surface area contributed by atoms with Crippen LogP contribution in [0.2, 0.25) is 0 Å². The van der Waals surface area contributed by atoms with Crippen molar-refractivity contribution in [1.29, 1.82) is 0 Å². The van der Waals surface area contributed by atoms with Gasteiger partial charge in [-0.3, -0.25) is 0 Å². The molecule has 0 radical (unpaired) electrons. The van der Waals surface area contributed by atoms with E-state index in [1.165, 1.54) is 23.1 Å². The van der Waals surface area contributed by atoms with E-state index in [0.717, 1.165) is 12.8 Å². The van der Waals surface area contributed by atoms with Crippen LogP contribution in [0.1, 0.15) is 50.2 Å². The molecule has 0 spiro atoms. The molecule has 1 atom stereocenters. The van der Waals surface area contributed by atoms with Crippen LogP contribution in [0.4, 0.5) is 0 Å². The van der Waals surface area contributed by atoms with E-state index in [1.807, 2.05) is 0 Å². The quantitative estimate of drug-likeness (QED) is 0.605. The fourth-order valence-corrected chi connectivity index (χ4v) is 1.95. The molecule has 0 fully saturated rings. The fraction of sp³-hybridized carbons (Fsp3) is 0.438. The molecule has 0 nitrogen and oxygen atoms in total. The van der Waals surface area contributed by atoms with Gasteiger partial charge in [-0.2, -0.15) is 0 Å². The maximum Gasteiger partial charge on any atom is -0.0147 e. The number of benzene rings is 1. The summed E-state index contributed by atoms with van der Waals surface area (Å²) in [6, 6.07) is 8.82. The zero-order valence-corrected chi connectivity index (χ0v) is 10.7. The van der Waals surface area contributed by atoms with Crippen LogP contribution in [0, 0.1) is 6.92 Å². The highest BCUT2D eigenvalue weighted by atomic mass is 14.1. The summed E-state index contributed by atoms with van der Waals surface area (Å²) in [6.45, 7) is 10.4. The van der Waals surface area contributed by atoms with E-state index in [1.54, 1.807) is 0 Å². The third-order valence-electron chi connectivity index (χ3n) is 3.00. The van der Waals surface area contributed by atoms with Gasteiger partial charge in [0.1, 0.15) is 0 Å². The average molecular weight is 214 g/mol. The summed E-state index contributed by atoms with van der Waals surface area (Å²) >= 11 is 0. The van der Waals surface area contributed by atoms with Crippen molar-refractivity contribution in [2.24, 2.45) is 0 Å². The summed E-state index contributed by atoms with van der Waals surface area (Å²) in [5.74, 6) is 0.566. The van der Waals surface area contributed by atoms with E-state index in [9.17, 15) is 0 Å². The molecule has 0 aliphatic carbocycles. The summed E-state index contributed by atoms with van der Waals surface area (Å²) in [5.41, 5.74) is 7.17. The van der Waals surface area contributed by atoms with Gasteiger partial charge >= 0.3 is 0 Å². The number of allylic oxidation sites excluding steroid dienone is 1. The highest BCUT2D eigenvalue weighted by Gasteiger charge is 2.07. The van der Waals surface area contributed by atoms with Gasteiger partial charge in [0.2, 0.25) is 0 Å². The molecular formula is C16H22. The molecular weight excluding hydrogens is 192 g/mol. The molecule has 1 rings (SSSR count). The lowest BCUT2D eigenvalue weighted by molar-refractivity contribution is 0.713. The number of hydrogen-bond acceptors (Lipinski definition) is 0. The second-order valence-corrected chi connectivity index (χ2v) is 4.55. The van der Waals surface area contributed by atoms with Gasteiger partial charge < -0.3 is 0 Å².